The molecule has 106 valence electrons. The Morgan fingerprint density at radius 1 is 1.55 bits per heavy atom. The average molecular weight is 291 g/mol. The zero-order valence-electron chi connectivity index (χ0n) is 11.3. The Bertz CT molecular complexity index is 599. The SMILES string of the molecule is COC(=O)c1sccc1-n1cncc1C1CCCCN1. The van der Waals surface area contributed by atoms with E-state index in [2.05, 4.69) is 10.3 Å². The molecular weight excluding hydrogens is 274 g/mol. The van der Waals surface area contributed by atoms with Gasteiger partial charge in [-0.05, 0) is 30.8 Å². The Kier molecular flexibility index (Phi) is 3.84. The van der Waals surface area contributed by atoms with Gasteiger partial charge in [-0.25, -0.2) is 9.78 Å². The van der Waals surface area contributed by atoms with E-state index in [0.717, 1.165) is 24.3 Å². The molecule has 3 rings (SSSR count). The van der Waals surface area contributed by atoms with Gasteiger partial charge in [0.05, 0.1) is 31.0 Å². The van der Waals surface area contributed by atoms with E-state index in [1.807, 2.05) is 22.2 Å². The number of carbonyl (C=O) groups is 1. The standard InChI is InChI=1S/C14H17N3O2S/c1-19-14(18)13-11(5-7-20-13)17-9-15-8-12(17)10-4-2-3-6-16-10/h5,7-10,16H,2-4,6H2,1H3. The average Bonchev–Trinajstić information content (AvgIpc) is 3.15. The van der Waals surface area contributed by atoms with Gasteiger partial charge < -0.3 is 10.1 Å². The van der Waals surface area contributed by atoms with Crippen molar-refractivity contribution in [2.24, 2.45) is 0 Å². The minimum atomic E-state index is -0.300. The fourth-order valence-corrected chi connectivity index (χ4v) is 3.41. The van der Waals surface area contributed by atoms with Gasteiger partial charge in [0.15, 0.2) is 0 Å². The summed E-state index contributed by atoms with van der Waals surface area (Å²) in [5.74, 6) is -0.300. The Labute approximate surface area is 121 Å². The van der Waals surface area contributed by atoms with E-state index in [4.69, 9.17) is 4.74 Å². The molecule has 1 saturated heterocycles. The largest absolute Gasteiger partial charge is 0.465 e. The quantitative estimate of drug-likeness (QED) is 0.883. The molecule has 20 heavy (non-hydrogen) atoms. The topological polar surface area (TPSA) is 56.2 Å². The zero-order chi connectivity index (χ0) is 13.9. The first-order valence-electron chi connectivity index (χ1n) is 6.73. The first-order chi connectivity index (χ1) is 9.81. The van der Waals surface area contributed by atoms with Crippen LogP contribution in [0, 0.1) is 0 Å². The number of hydrogen-bond acceptors (Lipinski definition) is 5. The molecule has 0 amide bonds. The summed E-state index contributed by atoms with van der Waals surface area (Å²) in [6.45, 7) is 1.03. The lowest BCUT2D eigenvalue weighted by atomic mass is 10.0. The molecule has 0 aliphatic carbocycles. The van der Waals surface area contributed by atoms with Crippen LogP contribution < -0.4 is 5.32 Å². The monoisotopic (exact) mass is 291 g/mol. The summed E-state index contributed by atoms with van der Waals surface area (Å²) >= 11 is 1.39. The maximum atomic E-state index is 11.8. The molecule has 1 aliphatic heterocycles. The molecule has 5 nitrogen and oxygen atoms in total. The molecule has 1 unspecified atom stereocenters. The zero-order valence-corrected chi connectivity index (χ0v) is 12.2. The lowest BCUT2D eigenvalue weighted by molar-refractivity contribution is 0.0606. The predicted molar refractivity (Wildman–Crippen MR) is 77.4 cm³/mol. The van der Waals surface area contributed by atoms with Crippen LogP contribution in [0.3, 0.4) is 0 Å². The number of carbonyl (C=O) groups excluding carboxylic acids is 1. The first-order valence-corrected chi connectivity index (χ1v) is 7.61. The van der Waals surface area contributed by atoms with Crippen LogP contribution in [0.25, 0.3) is 5.69 Å². The summed E-state index contributed by atoms with van der Waals surface area (Å²) in [5, 5.41) is 5.42. The van der Waals surface area contributed by atoms with Crippen molar-refractivity contribution in [3.8, 4) is 5.69 Å². The van der Waals surface area contributed by atoms with Crippen LogP contribution in [-0.2, 0) is 4.74 Å². The van der Waals surface area contributed by atoms with Crippen molar-refractivity contribution in [2.75, 3.05) is 13.7 Å². The highest BCUT2D eigenvalue weighted by atomic mass is 32.1. The van der Waals surface area contributed by atoms with Crippen molar-refractivity contribution in [1.82, 2.24) is 14.9 Å². The molecule has 1 aliphatic rings. The van der Waals surface area contributed by atoms with Gasteiger partial charge in [-0.15, -0.1) is 11.3 Å². The number of methoxy groups -OCH3 is 1. The molecule has 6 heteroatoms. The molecular formula is C14H17N3O2S. The highest BCUT2D eigenvalue weighted by Crippen LogP contribution is 2.28. The molecule has 2 aromatic heterocycles. The second kappa shape index (κ2) is 5.76. The van der Waals surface area contributed by atoms with Gasteiger partial charge in [-0.1, -0.05) is 6.42 Å². The molecule has 1 atom stereocenters. The van der Waals surface area contributed by atoms with Gasteiger partial charge in [0.1, 0.15) is 4.88 Å². The molecule has 1 N–H and O–H groups in total. The minimum Gasteiger partial charge on any atom is -0.465 e. The maximum absolute atomic E-state index is 11.8. The molecule has 2 aromatic rings. The van der Waals surface area contributed by atoms with Crippen molar-refractivity contribution in [3.63, 3.8) is 0 Å². The van der Waals surface area contributed by atoms with Crippen LogP contribution in [0.5, 0.6) is 0 Å². The summed E-state index contributed by atoms with van der Waals surface area (Å²) in [4.78, 5) is 16.7. The predicted octanol–water partition coefficient (Wildman–Crippen LogP) is 2.54. The number of imidazole rings is 1. The van der Waals surface area contributed by atoms with Crippen molar-refractivity contribution >= 4 is 17.3 Å². The molecule has 0 spiro atoms. The number of aromatic nitrogens is 2. The van der Waals surface area contributed by atoms with Gasteiger partial charge in [-0.3, -0.25) is 4.57 Å². The lowest BCUT2D eigenvalue weighted by Crippen LogP contribution is -2.28. The van der Waals surface area contributed by atoms with Gasteiger partial charge in [0.25, 0.3) is 0 Å². The van der Waals surface area contributed by atoms with Crippen LogP contribution in [-0.4, -0.2) is 29.2 Å². The normalized spacial score (nSPS) is 18.9. The van der Waals surface area contributed by atoms with Gasteiger partial charge >= 0.3 is 5.97 Å². The molecule has 1 fully saturated rings. The Morgan fingerprint density at radius 2 is 2.45 bits per heavy atom. The fraction of sp³-hybridized carbons (Fsp3) is 0.429. The third-order valence-electron chi connectivity index (χ3n) is 3.61. The number of hydrogen-bond donors (Lipinski definition) is 1. The highest BCUT2D eigenvalue weighted by Gasteiger charge is 2.22. The van der Waals surface area contributed by atoms with E-state index in [1.54, 1.807) is 6.33 Å². The Hall–Kier alpha value is -1.66. The Morgan fingerprint density at radius 3 is 3.20 bits per heavy atom. The van der Waals surface area contributed by atoms with Crippen molar-refractivity contribution in [3.05, 3.63) is 34.5 Å². The first kappa shape index (κ1) is 13.3. The summed E-state index contributed by atoms with van der Waals surface area (Å²) < 4.78 is 6.83. The Balaban J connectivity index is 1.97. The van der Waals surface area contributed by atoms with E-state index in [1.165, 1.54) is 31.3 Å². The number of nitrogens with one attached hydrogen (secondary N) is 1. The van der Waals surface area contributed by atoms with Crippen LogP contribution >= 0.6 is 11.3 Å². The summed E-state index contributed by atoms with van der Waals surface area (Å²) in [6.07, 6.45) is 7.18. The smallest absolute Gasteiger partial charge is 0.350 e. The van der Waals surface area contributed by atoms with E-state index >= 15 is 0 Å². The number of ether oxygens (including phenoxy) is 1. The van der Waals surface area contributed by atoms with Crippen molar-refractivity contribution < 1.29 is 9.53 Å². The van der Waals surface area contributed by atoms with Gasteiger partial charge in [-0.2, -0.15) is 0 Å². The van der Waals surface area contributed by atoms with Crippen LogP contribution in [0.1, 0.15) is 40.7 Å². The minimum absolute atomic E-state index is 0.300. The lowest BCUT2D eigenvalue weighted by Gasteiger charge is -2.24. The fourth-order valence-electron chi connectivity index (χ4n) is 2.61. The summed E-state index contributed by atoms with van der Waals surface area (Å²) in [6, 6.07) is 2.24. The van der Waals surface area contributed by atoms with Gasteiger partial charge in [0.2, 0.25) is 0 Å². The number of piperidine rings is 1. The van der Waals surface area contributed by atoms with E-state index in [-0.39, 0.29) is 5.97 Å². The third kappa shape index (κ3) is 2.36. The summed E-state index contributed by atoms with van der Waals surface area (Å²) in [5.41, 5.74) is 1.95. The third-order valence-corrected chi connectivity index (χ3v) is 4.49. The summed E-state index contributed by atoms with van der Waals surface area (Å²) in [7, 11) is 1.41. The second-order valence-corrected chi connectivity index (χ2v) is 5.73. The van der Waals surface area contributed by atoms with E-state index < -0.39 is 0 Å². The molecule has 0 saturated carbocycles. The van der Waals surface area contributed by atoms with Crippen LogP contribution in [0.4, 0.5) is 0 Å². The second-order valence-electron chi connectivity index (χ2n) is 4.82. The molecule has 0 radical (unpaired) electrons. The van der Waals surface area contributed by atoms with Crippen LogP contribution in [0.15, 0.2) is 24.0 Å². The maximum Gasteiger partial charge on any atom is 0.350 e. The van der Waals surface area contributed by atoms with Crippen LogP contribution in [0.2, 0.25) is 0 Å². The van der Waals surface area contributed by atoms with E-state index in [0.29, 0.717) is 10.9 Å². The number of thiophene rings is 1. The number of nitrogens with zero attached hydrogens (tertiary/aromatic N) is 2. The van der Waals surface area contributed by atoms with Crippen molar-refractivity contribution in [2.45, 2.75) is 25.3 Å². The van der Waals surface area contributed by atoms with Gasteiger partial charge in [0, 0.05) is 6.04 Å². The molecule has 3 heterocycles. The van der Waals surface area contributed by atoms with Crippen molar-refractivity contribution in [1.29, 1.82) is 0 Å². The number of esters is 1. The highest BCUT2D eigenvalue weighted by molar-refractivity contribution is 7.12. The molecule has 0 aromatic carbocycles. The number of rotatable bonds is 3. The molecule has 0 bridgehead atoms. The van der Waals surface area contributed by atoms with E-state index in [9.17, 15) is 4.79 Å².